The van der Waals surface area contributed by atoms with Gasteiger partial charge in [-0.1, -0.05) is 41.9 Å². The van der Waals surface area contributed by atoms with Crippen molar-refractivity contribution in [2.24, 2.45) is 0 Å². The van der Waals surface area contributed by atoms with Crippen LogP contribution in [0.3, 0.4) is 0 Å². The molecule has 124 valence electrons. The van der Waals surface area contributed by atoms with Gasteiger partial charge >= 0.3 is 0 Å². The lowest BCUT2D eigenvalue weighted by Crippen LogP contribution is -2.35. The Morgan fingerprint density at radius 2 is 1.80 bits per heavy atom. The van der Waals surface area contributed by atoms with Gasteiger partial charge in [0.25, 0.3) is 5.91 Å². The SMILES string of the molecule is Cc1c(Cl)cccc1NC(=O)CN1C(=O)c2cccc3cccc1c23. The fourth-order valence-corrected chi connectivity index (χ4v) is 3.39. The monoisotopic (exact) mass is 350 g/mol. The van der Waals surface area contributed by atoms with Crippen molar-refractivity contribution in [1.82, 2.24) is 0 Å². The maximum atomic E-state index is 12.7. The second kappa shape index (κ2) is 5.90. The lowest BCUT2D eigenvalue weighted by atomic mass is 10.1. The molecule has 5 heteroatoms. The third kappa shape index (κ3) is 2.55. The molecule has 1 heterocycles. The molecular formula is C20H15ClN2O2. The molecule has 0 aromatic heterocycles. The minimum atomic E-state index is -0.261. The number of benzene rings is 3. The number of nitrogens with zero attached hydrogens (tertiary/aromatic N) is 1. The lowest BCUT2D eigenvalue weighted by Gasteiger charge is -2.18. The lowest BCUT2D eigenvalue weighted by molar-refractivity contribution is -0.114. The summed E-state index contributed by atoms with van der Waals surface area (Å²) in [5.41, 5.74) is 2.87. The minimum Gasteiger partial charge on any atom is -0.324 e. The van der Waals surface area contributed by atoms with Gasteiger partial charge in [0.2, 0.25) is 5.91 Å². The maximum Gasteiger partial charge on any atom is 0.259 e. The van der Waals surface area contributed by atoms with Crippen LogP contribution in [-0.4, -0.2) is 18.4 Å². The highest BCUT2D eigenvalue weighted by Gasteiger charge is 2.30. The van der Waals surface area contributed by atoms with E-state index in [0.29, 0.717) is 16.3 Å². The molecule has 25 heavy (non-hydrogen) atoms. The molecule has 1 aliphatic heterocycles. The van der Waals surface area contributed by atoms with Crippen molar-refractivity contribution in [2.45, 2.75) is 6.92 Å². The Morgan fingerprint density at radius 1 is 1.08 bits per heavy atom. The number of halogens is 1. The van der Waals surface area contributed by atoms with Gasteiger partial charge in [0.1, 0.15) is 6.54 Å². The van der Waals surface area contributed by atoms with E-state index in [-0.39, 0.29) is 18.4 Å². The predicted molar refractivity (Wildman–Crippen MR) is 100 cm³/mol. The largest absolute Gasteiger partial charge is 0.324 e. The van der Waals surface area contributed by atoms with Gasteiger partial charge in [0, 0.05) is 21.7 Å². The van der Waals surface area contributed by atoms with Crippen LogP contribution < -0.4 is 10.2 Å². The van der Waals surface area contributed by atoms with E-state index in [0.717, 1.165) is 22.0 Å². The molecule has 4 nitrogen and oxygen atoms in total. The van der Waals surface area contributed by atoms with E-state index in [4.69, 9.17) is 11.6 Å². The smallest absolute Gasteiger partial charge is 0.259 e. The number of anilines is 2. The Hall–Kier alpha value is -2.85. The summed E-state index contributed by atoms with van der Waals surface area (Å²) < 4.78 is 0. The van der Waals surface area contributed by atoms with E-state index in [1.165, 1.54) is 4.90 Å². The van der Waals surface area contributed by atoms with Crippen LogP contribution in [-0.2, 0) is 4.79 Å². The van der Waals surface area contributed by atoms with Gasteiger partial charge in [-0.3, -0.25) is 14.5 Å². The third-order valence-corrected chi connectivity index (χ3v) is 4.90. The van der Waals surface area contributed by atoms with Crippen molar-refractivity contribution in [3.8, 4) is 0 Å². The minimum absolute atomic E-state index is 0.0431. The Kier molecular flexibility index (Phi) is 3.70. The zero-order valence-corrected chi connectivity index (χ0v) is 14.3. The molecule has 0 fully saturated rings. The van der Waals surface area contributed by atoms with Gasteiger partial charge in [0.15, 0.2) is 0 Å². The summed E-state index contributed by atoms with van der Waals surface area (Å²) >= 11 is 6.09. The average molecular weight is 351 g/mol. The van der Waals surface area contributed by atoms with Crippen LogP contribution in [0.1, 0.15) is 15.9 Å². The molecule has 0 saturated heterocycles. The highest BCUT2D eigenvalue weighted by Crippen LogP contribution is 2.37. The summed E-state index contributed by atoms with van der Waals surface area (Å²) in [6.45, 7) is 1.80. The van der Waals surface area contributed by atoms with Gasteiger partial charge < -0.3 is 5.32 Å². The van der Waals surface area contributed by atoms with Crippen molar-refractivity contribution in [1.29, 1.82) is 0 Å². The molecule has 1 N–H and O–H groups in total. The first-order valence-electron chi connectivity index (χ1n) is 7.95. The molecule has 0 unspecified atom stereocenters. The van der Waals surface area contributed by atoms with E-state index in [2.05, 4.69) is 5.32 Å². The third-order valence-electron chi connectivity index (χ3n) is 4.49. The summed E-state index contributed by atoms with van der Waals surface area (Å²) in [5, 5.41) is 5.33. The Bertz CT molecular complexity index is 1020. The summed E-state index contributed by atoms with van der Waals surface area (Å²) in [6, 6.07) is 16.7. The number of nitrogens with one attached hydrogen (secondary N) is 1. The molecule has 3 aromatic rings. The number of rotatable bonds is 3. The molecule has 2 amide bonds. The molecule has 3 aromatic carbocycles. The second-order valence-electron chi connectivity index (χ2n) is 6.03. The van der Waals surface area contributed by atoms with Gasteiger partial charge in [0.05, 0.1) is 5.69 Å². The molecule has 0 bridgehead atoms. The number of amides is 2. The fraction of sp³-hybridized carbons (Fsp3) is 0.100. The quantitative estimate of drug-likeness (QED) is 0.761. The average Bonchev–Trinajstić information content (AvgIpc) is 2.87. The number of carbonyl (C=O) groups excluding carboxylic acids is 2. The summed E-state index contributed by atoms with van der Waals surface area (Å²) in [7, 11) is 0. The van der Waals surface area contributed by atoms with Crippen molar-refractivity contribution in [3.63, 3.8) is 0 Å². The normalized spacial score (nSPS) is 12.7. The van der Waals surface area contributed by atoms with Crippen LogP contribution >= 0.6 is 11.6 Å². The van der Waals surface area contributed by atoms with Crippen molar-refractivity contribution in [3.05, 3.63) is 70.7 Å². The Balaban J connectivity index is 1.62. The second-order valence-corrected chi connectivity index (χ2v) is 6.44. The first-order chi connectivity index (χ1) is 12.1. The van der Waals surface area contributed by atoms with E-state index in [1.54, 1.807) is 24.3 Å². The summed E-state index contributed by atoms with van der Waals surface area (Å²) in [6.07, 6.45) is 0. The first kappa shape index (κ1) is 15.7. The molecule has 1 aliphatic rings. The number of carbonyl (C=O) groups is 2. The van der Waals surface area contributed by atoms with Crippen molar-refractivity contribution < 1.29 is 9.59 Å². The molecular weight excluding hydrogens is 336 g/mol. The van der Waals surface area contributed by atoms with E-state index in [9.17, 15) is 9.59 Å². The zero-order valence-electron chi connectivity index (χ0n) is 13.5. The Morgan fingerprint density at radius 3 is 2.60 bits per heavy atom. The van der Waals surface area contributed by atoms with Gasteiger partial charge in [-0.2, -0.15) is 0 Å². The summed E-state index contributed by atoms with van der Waals surface area (Å²) in [4.78, 5) is 26.7. The van der Waals surface area contributed by atoms with Crippen LogP contribution in [0.25, 0.3) is 10.8 Å². The van der Waals surface area contributed by atoms with Crippen LogP contribution in [0, 0.1) is 6.92 Å². The van der Waals surface area contributed by atoms with Crippen LogP contribution in [0.15, 0.2) is 54.6 Å². The van der Waals surface area contributed by atoms with E-state index in [1.807, 2.05) is 37.3 Å². The highest BCUT2D eigenvalue weighted by atomic mass is 35.5. The van der Waals surface area contributed by atoms with Crippen molar-refractivity contribution >= 4 is 45.6 Å². The van der Waals surface area contributed by atoms with Crippen LogP contribution in [0.4, 0.5) is 11.4 Å². The van der Waals surface area contributed by atoms with Gasteiger partial charge in [-0.15, -0.1) is 0 Å². The number of hydrogen-bond acceptors (Lipinski definition) is 2. The maximum absolute atomic E-state index is 12.7. The van der Waals surface area contributed by atoms with Crippen LogP contribution in [0.5, 0.6) is 0 Å². The predicted octanol–water partition coefficient (Wildman–Crippen LogP) is 4.40. The topological polar surface area (TPSA) is 49.4 Å². The molecule has 0 atom stereocenters. The zero-order chi connectivity index (χ0) is 17.6. The molecule has 0 saturated carbocycles. The fourth-order valence-electron chi connectivity index (χ4n) is 3.21. The first-order valence-corrected chi connectivity index (χ1v) is 8.32. The standard InChI is InChI=1S/C20H15ClN2O2/c1-12-15(21)8-4-9-16(12)22-18(24)11-23-17-10-3-6-13-5-2-7-14(19(13)17)20(23)25/h2-10H,11H2,1H3,(H,22,24). The van der Waals surface area contributed by atoms with E-state index >= 15 is 0 Å². The van der Waals surface area contributed by atoms with Crippen molar-refractivity contribution in [2.75, 3.05) is 16.8 Å². The molecule has 4 rings (SSSR count). The van der Waals surface area contributed by atoms with Gasteiger partial charge in [-0.25, -0.2) is 0 Å². The molecule has 0 radical (unpaired) electrons. The van der Waals surface area contributed by atoms with E-state index < -0.39 is 0 Å². The van der Waals surface area contributed by atoms with Gasteiger partial charge in [-0.05, 0) is 42.1 Å². The number of hydrogen-bond donors (Lipinski definition) is 1. The Labute approximate surface area is 150 Å². The molecule has 0 spiro atoms. The molecule has 0 aliphatic carbocycles. The summed E-state index contributed by atoms with van der Waals surface area (Å²) in [5.74, 6) is -0.409. The van der Waals surface area contributed by atoms with Crippen LogP contribution in [0.2, 0.25) is 5.02 Å². The highest BCUT2D eigenvalue weighted by molar-refractivity contribution is 6.32.